The summed E-state index contributed by atoms with van der Waals surface area (Å²) in [7, 11) is 0. The number of rotatable bonds is 7. The Morgan fingerprint density at radius 1 is 0.778 bits per heavy atom. The highest BCUT2D eigenvalue weighted by atomic mass is 127. The molecular weight excluding hydrogens is 443 g/mol. The molecule has 0 radical (unpaired) electrons. The van der Waals surface area contributed by atoms with Crippen molar-refractivity contribution in [1.29, 1.82) is 0 Å². The Hall–Kier alpha value is -1.91. The fourth-order valence-electron chi connectivity index (χ4n) is 3.25. The van der Waals surface area contributed by atoms with E-state index in [0.29, 0.717) is 12.5 Å². The highest BCUT2D eigenvalue weighted by Gasteiger charge is 2.37. The van der Waals surface area contributed by atoms with Crippen LogP contribution in [0.3, 0.4) is 0 Å². The lowest BCUT2D eigenvalue weighted by Gasteiger charge is -2.35. The molecule has 0 spiro atoms. The lowest BCUT2D eigenvalue weighted by molar-refractivity contribution is 0.0318. The summed E-state index contributed by atoms with van der Waals surface area (Å²) >= 11 is 2.41. The maximum absolute atomic E-state index is 6.73. The van der Waals surface area contributed by atoms with Gasteiger partial charge in [0.2, 0.25) is 0 Å². The van der Waals surface area contributed by atoms with Crippen molar-refractivity contribution in [1.82, 2.24) is 0 Å². The zero-order valence-electron chi connectivity index (χ0n) is 15.8. The van der Waals surface area contributed by atoms with Crippen LogP contribution >= 0.6 is 22.6 Å². The zero-order chi connectivity index (χ0) is 19.1. The van der Waals surface area contributed by atoms with Crippen LogP contribution in [0.25, 0.3) is 0 Å². The van der Waals surface area contributed by atoms with Crippen molar-refractivity contribution < 1.29 is 4.74 Å². The van der Waals surface area contributed by atoms with Crippen molar-refractivity contribution in [2.45, 2.75) is 19.4 Å². The van der Waals surface area contributed by atoms with E-state index in [2.05, 4.69) is 115 Å². The van der Waals surface area contributed by atoms with Crippen LogP contribution in [0, 0.1) is 5.92 Å². The summed E-state index contributed by atoms with van der Waals surface area (Å²) in [6, 6.07) is 31.5. The van der Waals surface area contributed by atoms with Crippen molar-refractivity contribution in [3.63, 3.8) is 0 Å². The summed E-state index contributed by atoms with van der Waals surface area (Å²) in [6.45, 7) is 4.96. The largest absolute Gasteiger partial charge is 0.357 e. The smallest absolute Gasteiger partial charge is 0.144 e. The molecule has 0 atom stereocenters. The highest BCUT2D eigenvalue weighted by molar-refractivity contribution is 14.1. The second kappa shape index (κ2) is 9.34. The third kappa shape index (κ3) is 4.50. The van der Waals surface area contributed by atoms with E-state index in [0.717, 1.165) is 16.7 Å². The molecule has 0 unspecified atom stereocenters. The van der Waals surface area contributed by atoms with Gasteiger partial charge in [-0.2, -0.15) is 0 Å². The molecule has 2 heteroatoms. The van der Waals surface area contributed by atoms with Crippen LogP contribution < -0.4 is 0 Å². The van der Waals surface area contributed by atoms with E-state index in [1.165, 1.54) is 3.58 Å². The van der Waals surface area contributed by atoms with Crippen molar-refractivity contribution in [3.05, 3.63) is 117 Å². The minimum atomic E-state index is -0.645. The zero-order valence-corrected chi connectivity index (χ0v) is 18.0. The Morgan fingerprint density at radius 3 is 1.48 bits per heavy atom. The molecular formula is C25H25IO. The Bertz CT molecular complexity index is 758. The summed E-state index contributed by atoms with van der Waals surface area (Å²) in [6.07, 6.45) is 2.19. The Morgan fingerprint density at radius 2 is 1.15 bits per heavy atom. The van der Waals surface area contributed by atoms with E-state index in [1.54, 1.807) is 0 Å². The Labute approximate surface area is 176 Å². The number of benzene rings is 3. The van der Waals surface area contributed by atoms with Gasteiger partial charge in [-0.3, -0.25) is 0 Å². The van der Waals surface area contributed by atoms with Gasteiger partial charge in [0, 0.05) is 0 Å². The molecule has 3 aromatic carbocycles. The van der Waals surface area contributed by atoms with Crippen LogP contribution in [0.1, 0.15) is 30.5 Å². The normalized spacial score (nSPS) is 12.4. The molecule has 3 aromatic rings. The van der Waals surface area contributed by atoms with Gasteiger partial charge in [-0.15, -0.1) is 0 Å². The first-order valence-electron chi connectivity index (χ1n) is 9.30. The predicted molar refractivity (Wildman–Crippen MR) is 122 cm³/mol. The number of allylic oxidation sites excluding steroid dienone is 1. The molecule has 27 heavy (non-hydrogen) atoms. The molecule has 0 N–H and O–H groups in total. The standard InChI is InChI=1S/C25H25IO/c1-20(2)24(26)18-19-27-25(21-12-6-3-7-13-21,22-14-8-4-9-15-22)23-16-10-5-11-17-23/h3-18,20H,19H2,1-2H3/b24-18-. The lowest BCUT2D eigenvalue weighted by atomic mass is 9.80. The number of hydrogen-bond donors (Lipinski definition) is 0. The summed E-state index contributed by atoms with van der Waals surface area (Å²) < 4.78 is 8.04. The number of ether oxygens (including phenoxy) is 1. The molecule has 1 nitrogen and oxygen atoms in total. The molecule has 0 aliphatic carbocycles. The maximum atomic E-state index is 6.73. The molecule has 0 fully saturated rings. The molecule has 0 aromatic heterocycles. The quantitative estimate of drug-likeness (QED) is 0.269. The summed E-state index contributed by atoms with van der Waals surface area (Å²) in [5, 5.41) is 0. The third-order valence-corrected chi connectivity index (χ3v) is 6.36. The maximum Gasteiger partial charge on any atom is 0.144 e. The van der Waals surface area contributed by atoms with Crippen LogP contribution in [0.5, 0.6) is 0 Å². The van der Waals surface area contributed by atoms with Crippen molar-refractivity contribution in [2.75, 3.05) is 6.61 Å². The van der Waals surface area contributed by atoms with E-state index in [1.807, 2.05) is 18.2 Å². The molecule has 0 aliphatic rings. The van der Waals surface area contributed by atoms with Gasteiger partial charge in [-0.05, 0) is 54.9 Å². The molecule has 0 aliphatic heterocycles. The van der Waals surface area contributed by atoms with Gasteiger partial charge in [0.05, 0.1) is 6.61 Å². The minimum Gasteiger partial charge on any atom is -0.357 e. The number of hydrogen-bond acceptors (Lipinski definition) is 1. The minimum absolute atomic E-state index is 0.508. The van der Waals surface area contributed by atoms with Crippen LogP contribution in [-0.2, 0) is 10.3 Å². The first-order chi connectivity index (χ1) is 13.1. The molecule has 0 saturated heterocycles. The van der Waals surface area contributed by atoms with Gasteiger partial charge < -0.3 is 4.74 Å². The van der Waals surface area contributed by atoms with Gasteiger partial charge in [-0.25, -0.2) is 0 Å². The SMILES string of the molecule is CC(C)/C(I)=C/COC(c1ccccc1)(c1ccccc1)c1ccccc1. The molecule has 3 rings (SSSR count). The molecule has 138 valence electrons. The first kappa shape index (κ1) is 19.8. The van der Waals surface area contributed by atoms with Crippen LogP contribution in [0.2, 0.25) is 0 Å². The Balaban J connectivity index is 2.15. The molecule has 0 bridgehead atoms. The van der Waals surface area contributed by atoms with E-state index >= 15 is 0 Å². The molecule has 0 heterocycles. The summed E-state index contributed by atoms with van der Waals surface area (Å²) in [5.41, 5.74) is 2.76. The highest BCUT2D eigenvalue weighted by Crippen LogP contribution is 2.40. The van der Waals surface area contributed by atoms with Crippen molar-refractivity contribution in [2.24, 2.45) is 5.92 Å². The van der Waals surface area contributed by atoms with E-state index in [4.69, 9.17) is 4.74 Å². The van der Waals surface area contributed by atoms with Crippen LogP contribution in [0.4, 0.5) is 0 Å². The average molecular weight is 468 g/mol. The average Bonchev–Trinajstić information content (AvgIpc) is 2.73. The van der Waals surface area contributed by atoms with E-state index in [-0.39, 0.29) is 0 Å². The topological polar surface area (TPSA) is 9.23 Å². The lowest BCUT2D eigenvalue weighted by Crippen LogP contribution is -2.33. The van der Waals surface area contributed by atoms with Gasteiger partial charge in [0.15, 0.2) is 0 Å². The number of halogens is 1. The van der Waals surface area contributed by atoms with Crippen LogP contribution in [-0.4, -0.2) is 6.61 Å². The predicted octanol–water partition coefficient (Wildman–Crippen LogP) is 6.97. The summed E-state index contributed by atoms with van der Waals surface area (Å²) in [5.74, 6) is 0.508. The summed E-state index contributed by atoms with van der Waals surface area (Å²) in [4.78, 5) is 0. The van der Waals surface area contributed by atoms with Gasteiger partial charge in [-0.1, -0.05) is 105 Å². The second-order valence-corrected chi connectivity index (χ2v) is 8.08. The van der Waals surface area contributed by atoms with Crippen molar-refractivity contribution in [3.8, 4) is 0 Å². The van der Waals surface area contributed by atoms with E-state index in [9.17, 15) is 0 Å². The van der Waals surface area contributed by atoms with Crippen LogP contribution in [0.15, 0.2) is 101 Å². The monoisotopic (exact) mass is 468 g/mol. The third-order valence-electron chi connectivity index (χ3n) is 4.67. The molecule has 0 saturated carbocycles. The first-order valence-corrected chi connectivity index (χ1v) is 10.4. The fourth-order valence-corrected chi connectivity index (χ4v) is 3.43. The van der Waals surface area contributed by atoms with Gasteiger partial charge in [0.1, 0.15) is 5.60 Å². The second-order valence-electron chi connectivity index (χ2n) is 6.83. The van der Waals surface area contributed by atoms with Gasteiger partial charge >= 0.3 is 0 Å². The van der Waals surface area contributed by atoms with Crippen molar-refractivity contribution >= 4 is 22.6 Å². The van der Waals surface area contributed by atoms with E-state index < -0.39 is 5.60 Å². The fraction of sp³-hybridized carbons (Fsp3) is 0.200. The van der Waals surface area contributed by atoms with Gasteiger partial charge in [0.25, 0.3) is 0 Å². The molecule has 0 amide bonds. The Kier molecular flexibility index (Phi) is 6.86.